The molecule has 3 N–H and O–H groups in total. The van der Waals surface area contributed by atoms with Gasteiger partial charge in [-0.1, -0.05) is 25.0 Å². The van der Waals surface area contributed by atoms with Crippen LogP contribution in [0.4, 0.5) is 0 Å². The second-order valence-electron chi connectivity index (χ2n) is 3.48. The average molecular weight is 308 g/mol. The summed E-state index contributed by atoms with van der Waals surface area (Å²) in [6.07, 6.45) is 0. The van der Waals surface area contributed by atoms with E-state index in [9.17, 15) is 0 Å². The van der Waals surface area contributed by atoms with Gasteiger partial charge in [0.2, 0.25) is 0 Å². The molecule has 0 unspecified atom stereocenters. The minimum absolute atomic E-state index is 0. The van der Waals surface area contributed by atoms with E-state index >= 15 is 0 Å². The van der Waals surface area contributed by atoms with E-state index in [0.29, 0.717) is 0 Å². The van der Waals surface area contributed by atoms with E-state index in [4.69, 9.17) is 15.3 Å². The Balaban J connectivity index is -0.0000000956. The maximum Gasteiger partial charge on any atom is 0.0402 e. The first-order valence-corrected chi connectivity index (χ1v) is 6.27. The number of rotatable bonds is 0. The van der Waals surface area contributed by atoms with E-state index in [1.165, 1.54) is 22.5 Å². The molecule has 114 valence electrons. The van der Waals surface area contributed by atoms with Gasteiger partial charge in [0.1, 0.15) is 0 Å². The summed E-state index contributed by atoms with van der Waals surface area (Å²) < 4.78 is 0. The molecule has 0 amide bonds. The van der Waals surface area contributed by atoms with E-state index in [0.717, 1.165) is 0 Å². The SMILES string of the molecule is CCO.CCO.CCO.Cc1[n-]c(C)c(C)c1C.[Ti]. The number of nitrogens with zero attached hydrogens (tertiary/aromatic N) is 1. The molecule has 0 atom stereocenters. The molecule has 0 aliphatic carbocycles. The van der Waals surface area contributed by atoms with Crippen LogP contribution in [0, 0.1) is 27.7 Å². The molecule has 19 heavy (non-hydrogen) atoms. The van der Waals surface area contributed by atoms with Crippen LogP contribution in [0.2, 0.25) is 0 Å². The fourth-order valence-electron chi connectivity index (χ4n) is 0.962. The van der Waals surface area contributed by atoms with E-state index in [1.54, 1.807) is 20.8 Å². The molecule has 1 heterocycles. The second-order valence-corrected chi connectivity index (χ2v) is 3.48. The van der Waals surface area contributed by atoms with Crippen molar-refractivity contribution in [2.45, 2.75) is 48.5 Å². The molecule has 1 rings (SSSR count). The molecule has 0 fully saturated rings. The molecule has 0 saturated carbocycles. The van der Waals surface area contributed by atoms with Gasteiger partial charge in [-0.3, -0.25) is 0 Å². The Kier molecular flexibility index (Phi) is 29.0. The Hall–Kier alpha value is -0.126. The largest absolute Gasteiger partial charge is 0.665 e. The van der Waals surface area contributed by atoms with Gasteiger partial charge in [0.15, 0.2) is 0 Å². The third-order valence-electron chi connectivity index (χ3n) is 1.98. The van der Waals surface area contributed by atoms with Crippen molar-refractivity contribution >= 4 is 0 Å². The average Bonchev–Trinajstić information content (AvgIpc) is 2.49. The topological polar surface area (TPSA) is 74.8 Å². The second kappa shape index (κ2) is 20.2. The number of hydrogen-bond donors (Lipinski definition) is 3. The fourth-order valence-corrected chi connectivity index (χ4v) is 0.962. The summed E-state index contributed by atoms with van der Waals surface area (Å²) in [7, 11) is 0. The zero-order valence-electron chi connectivity index (χ0n) is 13.4. The molecule has 0 aromatic carbocycles. The van der Waals surface area contributed by atoms with Crippen molar-refractivity contribution in [3.05, 3.63) is 22.5 Å². The summed E-state index contributed by atoms with van der Waals surface area (Å²) in [6, 6.07) is 0. The van der Waals surface area contributed by atoms with Crippen LogP contribution in [0.25, 0.3) is 0 Å². The van der Waals surface area contributed by atoms with Crippen molar-refractivity contribution in [2.24, 2.45) is 0 Å². The quantitative estimate of drug-likeness (QED) is 0.640. The van der Waals surface area contributed by atoms with Gasteiger partial charge in [-0.25, -0.2) is 0 Å². The zero-order chi connectivity index (χ0) is 15.1. The molecule has 4 nitrogen and oxygen atoms in total. The van der Waals surface area contributed by atoms with Crippen LogP contribution >= 0.6 is 0 Å². The molecule has 0 spiro atoms. The molecule has 0 saturated heterocycles. The monoisotopic (exact) mass is 308 g/mol. The van der Waals surface area contributed by atoms with Gasteiger partial charge in [-0.2, -0.15) is 11.4 Å². The van der Waals surface area contributed by atoms with Crippen LogP contribution in [0.3, 0.4) is 0 Å². The van der Waals surface area contributed by atoms with Crippen LogP contribution in [-0.2, 0) is 21.7 Å². The molecule has 0 aliphatic rings. The molecule has 1 aromatic rings. The summed E-state index contributed by atoms with van der Waals surface area (Å²) in [6.45, 7) is 14.1. The third kappa shape index (κ3) is 17.9. The molecule has 0 radical (unpaired) electrons. The minimum Gasteiger partial charge on any atom is -0.665 e. The predicted octanol–water partition coefficient (Wildman–Crippen LogP) is 1.87. The van der Waals surface area contributed by atoms with E-state index in [2.05, 4.69) is 32.7 Å². The molecule has 0 bridgehead atoms. The van der Waals surface area contributed by atoms with Crippen LogP contribution in [-0.4, -0.2) is 35.1 Å². The first kappa shape index (κ1) is 27.3. The Bertz CT molecular complexity index is 249. The summed E-state index contributed by atoms with van der Waals surface area (Å²) in [5, 5.41) is 22.7. The van der Waals surface area contributed by atoms with Gasteiger partial charge in [-0.05, 0) is 34.6 Å². The maximum atomic E-state index is 7.57. The molecule has 1 aromatic heterocycles. The molecule has 0 aliphatic heterocycles. The van der Waals surface area contributed by atoms with Crippen molar-refractivity contribution in [3.63, 3.8) is 0 Å². The van der Waals surface area contributed by atoms with Crippen LogP contribution in [0.5, 0.6) is 0 Å². The van der Waals surface area contributed by atoms with Crippen LogP contribution in [0.15, 0.2) is 0 Å². The molecular formula is C14H30NO3Ti-. The van der Waals surface area contributed by atoms with E-state index in [-0.39, 0.29) is 41.5 Å². The van der Waals surface area contributed by atoms with Gasteiger partial charge >= 0.3 is 0 Å². The number of aliphatic hydroxyl groups excluding tert-OH is 3. The Morgan fingerprint density at radius 2 is 0.842 bits per heavy atom. The summed E-state index contributed by atoms with van der Waals surface area (Å²) in [5.74, 6) is 0. The van der Waals surface area contributed by atoms with Gasteiger partial charge in [0, 0.05) is 41.5 Å². The molecule has 5 heteroatoms. The Morgan fingerprint density at radius 3 is 0.895 bits per heavy atom. The van der Waals surface area contributed by atoms with Gasteiger partial charge in [-0.15, -0.1) is 0 Å². The van der Waals surface area contributed by atoms with Crippen LogP contribution < -0.4 is 4.98 Å². The van der Waals surface area contributed by atoms with Crippen molar-refractivity contribution in [1.82, 2.24) is 4.98 Å². The smallest absolute Gasteiger partial charge is 0.0402 e. The number of aryl methyl sites for hydroxylation is 2. The number of hydrogen-bond acceptors (Lipinski definition) is 3. The summed E-state index contributed by atoms with van der Waals surface area (Å²) in [5.41, 5.74) is 5.02. The zero-order valence-corrected chi connectivity index (χ0v) is 15.0. The maximum absolute atomic E-state index is 7.57. The summed E-state index contributed by atoms with van der Waals surface area (Å²) >= 11 is 0. The number of aliphatic hydroxyl groups is 3. The normalized spacial score (nSPS) is 7.68. The van der Waals surface area contributed by atoms with E-state index < -0.39 is 0 Å². The first-order valence-electron chi connectivity index (χ1n) is 6.27. The van der Waals surface area contributed by atoms with Crippen molar-refractivity contribution in [3.8, 4) is 0 Å². The van der Waals surface area contributed by atoms with Gasteiger partial charge in [0.05, 0.1) is 0 Å². The standard InChI is InChI=1S/C8H12N.3C2H6O.Ti/c1-5-6(2)8(4)9-7(5)3;3*1-2-3;/h1-4H3;3*3H,2H2,1H3;/q-1;;;;. The third-order valence-corrected chi connectivity index (χ3v) is 1.98. The van der Waals surface area contributed by atoms with Crippen molar-refractivity contribution < 1.29 is 37.0 Å². The minimum atomic E-state index is 0. The molecular weight excluding hydrogens is 278 g/mol. The van der Waals surface area contributed by atoms with Crippen LogP contribution in [0.1, 0.15) is 43.3 Å². The first-order chi connectivity index (χ1) is 8.37. The Morgan fingerprint density at radius 1 is 0.684 bits per heavy atom. The van der Waals surface area contributed by atoms with Gasteiger partial charge in [0.25, 0.3) is 0 Å². The predicted molar refractivity (Wildman–Crippen MR) is 77.0 cm³/mol. The summed E-state index contributed by atoms with van der Waals surface area (Å²) in [4.78, 5) is 4.31. The fraction of sp³-hybridized carbons (Fsp3) is 0.714. The Labute approximate surface area is 133 Å². The van der Waals surface area contributed by atoms with Gasteiger partial charge < -0.3 is 20.3 Å². The van der Waals surface area contributed by atoms with Crippen molar-refractivity contribution in [1.29, 1.82) is 0 Å². The van der Waals surface area contributed by atoms with E-state index in [1.807, 2.05) is 0 Å². The number of aromatic nitrogens is 1. The van der Waals surface area contributed by atoms with Crippen molar-refractivity contribution in [2.75, 3.05) is 19.8 Å².